The summed E-state index contributed by atoms with van der Waals surface area (Å²) in [6.07, 6.45) is 6.49. The van der Waals surface area contributed by atoms with Crippen LogP contribution < -0.4 is 14.8 Å². The van der Waals surface area contributed by atoms with Crippen LogP contribution in [0, 0.1) is 0 Å². The Hall–Kier alpha value is -2.11. The number of halogens is 3. The first-order chi connectivity index (χ1) is 15.7. The first-order valence-corrected chi connectivity index (χ1v) is 13.4. The Kier molecular flexibility index (Phi) is 7.01. The molecular weight excluding hydrogens is 571 g/mol. The summed E-state index contributed by atoms with van der Waals surface area (Å²) in [4.78, 5) is 13.2. The van der Waals surface area contributed by atoms with Gasteiger partial charge in [0.2, 0.25) is 0 Å². The summed E-state index contributed by atoms with van der Waals surface area (Å²) in [6.45, 7) is 1.78. The van der Waals surface area contributed by atoms with Gasteiger partial charge < -0.3 is 10.0 Å². The van der Waals surface area contributed by atoms with Crippen molar-refractivity contribution in [2.45, 2.75) is 13.0 Å². The van der Waals surface area contributed by atoms with Crippen molar-refractivity contribution in [2.24, 2.45) is 0 Å². The summed E-state index contributed by atoms with van der Waals surface area (Å²) < 4.78 is 34.2. The smallest absolute Gasteiger partial charge is 0.264 e. The van der Waals surface area contributed by atoms with E-state index in [0.717, 1.165) is 0 Å². The van der Waals surface area contributed by atoms with E-state index >= 15 is 0 Å². The molecule has 2 heterocycles. The standard InChI is InChI=1S/C21H17BrCl2N4O3S2/c1-12(15-7-5-14(23)10-17(15)24)26-21(29)16-6-4-13(22)9-18(16)27-33(30,31)20-3-2-8-28-19(20)11-25-32-28/h2-12,25,27H,1H3,(H,26,29)/t12-/m1/s1. The molecule has 1 amide bonds. The van der Waals surface area contributed by atoms with Crippen LogP contribution in [0.5, 0.6) is 0 Å². The Bertz CT molecular complexity index is 1330. The molecule has 0 radical (unpaired) electrons. The van der Waals surface area contributed by atoms with Gasteiger partial charge in [-0.05, 0) is 55.0 Å². The molecule has 0 aromatic heterocycles. The predicted octanol–water partition coefficient (Wildman–Crippen LogP) is 5.71. The van der Waals surface area contributed by atoms with E-state index in [2.05, 4.69) is 30.7 Å². The molecule has 0 spiro atoms. The zero-order valence-corrected chi connectivity index (χ0v) is 21.7. The Morgan fingerprint density at radius 2 is 2.00 bits per heavy atom. The minimum atomic E-state index is -4.00. The van der Waals surface area contributed by atoms with Gasteiger partial charge in [-0.15, -0.1) is 0 Å². The number of carbonyl (C=O) groups is 1. The van der Waals surface area contributed by atoms with Gasteiger partial charge in [0.15, 0.2) is 0 Å². The van der Waals surface area contributed by atoms with Crippen LogP contribution in [0.1, 0.15) is 28.9 Å². The zero-order valence-electron chi connectivity index (χ0n) is 17.0. The molecule has 0 saturated carbocycles. The van der Waals surface area contributed by atoms with Crippen LogP contribution in [0.3, 0.4) is 0 Å². The van der Waals surface area contributed by atoms with Crippen LogP contribution in [-0.4, -0.2) is 18.6 Å². The SMILES string of the molecule is C[C@@H](NC(=O)c1ccc(Br)cc1NS(=O)(=O)C1=CC=CN2SNC=C12)c1ccc(Cl)cc1Cl. The van der Waals surface area contributed by atoms with Gasteiger partial charge in [0.05, 0.1) is 35.1 Å². The largest absolute Gasteiger partial charge is 0.345 e. The number of nitrogens with one attached hydrogen (secondary N) is 3. The van der Waals surface area contributed by atoms with E-state index in [-0.39, 0.29) is 16.2 Å². The third kappa shape index (κ3) is 5.20. The molecule has 0 saturated heterocycles. The van der Waals surface area contributed by atoms with Gasteiger partial charge in [-0.1, -0.05) is 45.2 Å². The highest BCUT2D eigenvalue weighted by Gasteiger charge is 2.30. The van der Waals surface area contributed by atoms with Gasteiger partial charge in [-0.2, -0.15) is 0 Å². The number of amides is 1. The fraction of sp³-hybridized carbons (Fsp3) is 0.0952. The number of benzene rings is 2. The number of hydrogen-bond acceptors (Lipinski definition) is 6. The normalized spacial score (nSPS) is 15.8. The first kappa shape index (κ1) is 24.0. The molecule has 7 nitrogen and oxygen atoms in total. The number of rotatable bonds is 6. The minimum absolute atomic E-state index is 0.0788. The molecule has 2 aromatic carbocycles. The number of carbonyl (C=O) groups excluding carboxylic acids is 1. The summed E-state index contributed by atoms with van der Waals surface area (Å²) in [5.74, 6) is -0.463. The third-order valence-electron chi connectivity index (χ3n) is 4.84. The van der Waals surface area contributed by atoms with Crippen molar-refractivity contribution in [3.8, 4) is 0 Å². The summed E-state index contributed by atoms with van der Waals surface area (Å²) in [5, 5.41) is 3.77. The third-order valence-corrected chi connectivity index (χ3v) is 8.05. The van der Waals surface area contributed by atoms with Gasteiger partial charge in [0.25, 0.3) is 15.9 Å². The number of hydrogen-bond donors (Lipinski definition) is 3. The van der Waals surface area contributed by atoms with Crippen molar-refractivity contribution in [1.82, 2.24) is 14.3 Å². The van der Waals surface area contributed by atoms with E-state index in [1.165, 1.54) is 18.2 Å². The lowest BCUT2D eigenvalue weighted by atomic mass is 10.1. The lowest BCUT2D eigenvalue weighted by Gasteiger charge is -2.22. The zero-order chi connectivity index (χ0) is 23.8. The second-order valence-electron chi connectivity index (χ2n) is 7.09. The maximum absolute atomic E-state index is 13.2. The van der Waals surface area contributed by atoms with Gasteiger partial charge in [0.1, 0.15) is 4.91 Å². The van der Waals surface area contributed by atoms with Crippen molar-refractivity contribution in [1.29, 1.82) is 0 Å². The number of sulfonamides is 1. The van der Waals surface area contributed by atoms with Gasteiger partial charge in [0, 0.05) is 26.9 Å². The Morgan fingerprint density at radius 3 is 2.76 bits per heavy atom. The number of anilines is 1. The van der Waals surface area contributed by atoms with Crippen LogP contribution in [0.25, 0.3) is 0 Å². The van der Waals surface area contributed by atoms with Crippen LogP contribution in [0.4, 0.5) is 5.69 Å². The molecular formula is C21H17BrCl2N4O3S2. The Morgan fingerprint density at radius 1 is 1.21 bits per heavy atom. The number of fused-ring (bicyclic) bond motifs is 1. The first-order valence-electron chi connectivity index (χ1n) is 9.54. The summed E-state index contributed by atoms with van der Waals surface area (Å²) in [7, 11) is -4.00. The predicted molar refractivity (Wildman–Crippen MR) is 137 cm³/mol. The van der Waals surface area contributed by atoms with Gasteiger partial charge in [-0.3, -0.25) is 13.8 Å². The van der Waals surface area contributed by atoms with Crippen molar-refractivity contribution >= 4 is 72.9 Å². The molecule has 12 heteroatoms. The topological polar surface area (TPSA) is 90.5 Å². The van der Waals surface area contributed by atoms with E-state index < -0.39 is 22.0 Å². The second kappa shape index (κ2) is 9.63. The van der Waals surface area contributed by atoms with Crippen LogP contribution >= 0.6 is 51.3 Å². The fourth-order valence-electron chi connectivity index (χ4n) is 3.27. The highest BCUT2D eigenvalue weighted by atomic mass is 79.9. The number of allylic oxidation sites excluding steroid dienone is 2. The van der Waals surface area contributed by atoms with E-state index in [1.807, 2.05) is 0 Å². The summed E-state index contributed by atoms with van der Waals surface area (Å²) >= 11 is 16.8. The van der Waals surface area contributed by atoms with E-state index in [9.17, 15) is 13.2 Å². The highest BCUT2D eigenvalue weighted by Crippen LogP contribution is 2.35. The molecule has 0 fully saturated rings. The summed E-state index contributed by atoms with van der Waals surface area (Å²) in [5.41, 5.74) is 1.47. The van der Waals surface area contributed by atoms with Crippen molar-refractivity contribution in [2.75, 3.05) is 4.72 Å². The van der Waals surface area contributed by atoms with Crippen LogP contribution in [-0.2, 0) is 10.0 Å². The second-order valence-corrected chi connectivity index (χ2v) is 11.3. The van der Waals surface area contributed by atoms with E-state index in [1.54, 1.807) is 66.1 Å². The average molecular weight is 588 g/mol. The molecule has 1 atom stereocenters. The molecule has 2 aliphatic rings. The van der Waals surface area contributed by atoms with Crippen LogP contribution in [0.2, 0.25) is 10.0 Å². The molecule has 0 bridgehead atoms. The van der Waals surface area contributed by atoms with Gasteiger partial charge in [-0.25, -0.2) is 8.42 Å². The van der Waals surface area contributed by atoms with E-state index in [0.29, 0.717) is 25.8 Å². The monoisotopic (exact) mass is 586 g/mol. The Labute approximate surface area is 214 Å². The van der Waals surface area contributed by atoms with Crippen molar-refractivity contribution < 1.29 is 13.2 Å². The molecule has 2 aromatic rings. The lowest BCUT2D eigenvalue weighted by molar-refractivity contribution is 0.0941. The molecule has 4 rings (SSSR count). The molecule has 2 aliphatic heterocycles. The van der Waals surface area contributed by atoms with Crippen LogP contribution in [0.15, 0.2) is 76.0 Å². The molecule has 172 valence electrons. The van der Waals surface area contributed by atoms with Crippen molar-refractivity contribution in [3.05, 3.63) is 97.2 Å². The quantitative estimate of drug-likeness (QED) is 0.375. The van der Waals surface area contributed by atoms with E-state index in [4.69, 9.17) is 23.2 Å². The maximum Gasteiger partial charge on any atom is 0.264 e. The van der Waals surface area contributed by atoms with Gasteiger partial charge >= 0.3 is 0 Å². The highest BCUT2D eigenvalue weighted by molar-refractivity contribution is 9.10. The Balaban J connectivity index is 1.60. The maximum atomic E-state index is 13.2. The molecule has 3 N–H and O–H groups in total. The molecule has 0 aliphatic carbocycles. The lowest BCUT2D eigenvalue weighted by Crippen LogP contribution is -2.28. The minimum Gasteiger partial charge on any atom is -0.345 e. The number of nitrogens with zero attached hydrogens (tertiary/aromatic N) is 1. The molecule has 33 heavy (non-hydrogen) atoms. The summed E-state index contributed by atoms with van der Waals surface area (Å²) in [6, 6.07) is 9.32. The molecule has 0 unspecified atom stereocenters. The fourth-order valence-corrected chi connectivity index (χ4v) is 6.18. The van der Waals surface area contributed by atoms with Crippen molar-refractivity contribution in [3.63, 3.8) is 0 Å². The average Bonchev–Trinajstić information content (AvgIpc) is 3.22.